The molecule has 3 aromatic rings. The molecule has 0 fully saturated rings. The summed E-state index contributed by atoms with van der Waals surface area (Å²) in [5.41, 5.74) is 7.63. The molecule has 9 heteroatoms. The molecule has 3 aromatic carbocycles. The molecule has 34 heavy (non-hydrogen) atoms. The fourth-order valence-corrected chi connectivity index (χ4v) is 3.78. The molecule has 0 saturated carbocycles. The van der Waals surface area contributed by atoms with Gasteiger partial charge in [-0.25, -0.2) is 0 Å². The van der Waals surface area contributed by atoms with Gasteiger partial charge in [-0.1, -0.05) is 72.9 Å². The van der Waals surface area contributed by atoms with Crippen molar-refractivity contribution in [2.45, 2.75) is 25.7 Å². The fraction of sp³-hybridized carbons (Fsp3) is 0.160. The van der Waals surface area contributed by atoms with Crippen molar-refractivity contribution in [1.82, 2.24) is 10.9 Å². The molecule has 0 saturated heterocycles. The highest BCUT2D eigenvalue weighted by molar-refractivity contribution is 7.80. The van der Waals surface area contributed by atoms with Crippen LogP contribution >= 0.6 is 35.4 Å². The Morgan fingerprint density at radius 3 is 2.29 bits per heavy atom. The van der Waals surface area contributed by atoms with Gasteiger partial charge < -0.3 is 10.6 Å². The Kier molecular flexibility index (Phi) is 9.27. The van der Waals surface area contributed by atoms with Gasteiger partial charge in [-0.05, 0) is 60.6 Å². The van der Waals surface area contributed by atoms with Gasteiger partial charge in [0, 0.05) is 16.9 Å². The number of amides is 2. The van der Waals surface area contributed by atoms with E-state index in [2.05, 4.69) is 21.5 Å². The number of benzene rings is 3. The SMILES string of the molecule is CCCC(C(=O)Nc1cccc(C(=O)NNC(=S)Nc2ccc(Cl)c(Cl)c2)c1)c1ccccc1. The molecule has 0 spiro atoms. The van der Waals surface area contributed by atoms with Gasteiger partial charge in [0.25, 0.3) is 5.91 Å². The third kappa shape index (κ3) is 7.18. The van der Waals surface area contributed by atoms with Gasteiger partial charge in [0.15, 0.2) is 5.11 Å². The average molecular weight is 515 g/mol. The minimum Gasteiger partial charge on any atom is -0.331 e. The van der Waals surface area contributed by atoms with E-state index in [4.69, 9.17) is 35.4 Å². The Hall–Kier alpha value is -3.13. The largest absolute Gasteiger partial charge is 0.331 e. The van der Waals surface area contributed by atoms with Gasteiger partial charge >= 0.3 is 0 Å². The summed E-state index contributed by atoms with van der Waals surface area (Å²) in [6.45, 7) is 2.04. The number of carbonyl (C=O) groups is 2. The standard InChI is InChI=1S/C25H24Cl2N4O2S/c1-2-7-20(16-8-4-3-5-9-16)24(33)28-18-11-6-10-17(14-18)23(32)30-31-25(34)29-19-12-13-21(26)22(27)15-19/h3-6,8-15,20H,2,7H2,1H3,(H,28,33)(H,30,32)(H2,29,31,34). The van der Waals surface area contributed by atoms with Crippen LogP contribution in [-0.4, -0.2) is 16.9 Å². The van der Waals surface area contributed by atoms with Crippen molar-refractivity contribution in [3.63, 3.8) is 0 Å². The van der Waals surface area contributed by atoms with E-state index in [1.165, 1.54) is 0 Å². The molecule has 176 valence electrons. The number of nitrogens with one attached hydrogen (secondary N) is 4. The Morgan fingerprint density at radius 2 is 1.59 bits per heavy atom. The summed E-state index contributed by atoms with van der Waals surface area (Å²) in [4.78, 5) is 25.5. The minimum absolute atomic E-state index is 0.115. The first-order valence-electron chi connectivity index (χ1n) is 10.7. The molecule has 1 unspecified atom stereocenters. The quantitative estimate of drug-likeness (QED) is 0.224. The highest BCUT2D eigenvalue weighted by atomic mass is 35.5. The lowest BCUT2D eigenvalue weighted by molar-refractivity contribution is -0.117. The molecular weight excluding hydrogens is 491 g/mol. The smallest absolute Gasteiger partial charge is 0.269 e. The molecule has 0 aliphatic heterocycles. The second kappa shape index (κ2) is 12.4. The molecule has 3 rings (SSSR count). The van der Waals surface area contributed by atoms with Crippen molar-refractivity contribution in [2.24, 2.45) is 0 Å². The Balaban J connectivity index is 1.59. The summed E-state index contributed by atoms with van der Waals surface area (Å²) >= 11 is 17.1. The van der Waals surface area contributed by atoms with Crippen molar-refractivity contribution in [1.29, 1.82) is 0 Å². The third-order valence-corrected chi connectivity index (χ3v) is 5.90. The number of rotatable bonds is 7. The Bertz CT molecular complexity index is 1170. The molecule has 4 N–H and O–H groups in total. The summed E-state index contributed by atoms with van der Waals surface area (Å²) in [6, 6.07) is 21.3. The second-order valence-corrected chi connectivity index (χ2v) is 8.71. The molecule has 6 nitrogen and oxygen atoms in total. The van der Waals surface area contributed by atoms with Gasteiger partial charge in [0.1, 0.15) is 0 Å². The summed E-state index contributed by atoms with van der Waals surface area (Å²) < 4.78 is 0. The number of halogens is 2. The van der Waals surface area contributed by atoms with Gasteiger partial charge in [0.2, 0.25) is 5.91 Å². The molecule has 0 bridgehead atoms. The van der Waals surface area contributed by atoms with Crippen molar-refractivity contribution < 1.29 is 9.59 Å². The van der Waals surface area contributed by atoms with Crippen molar-refractivity contribution in [3.05, 3.63) is 94.0 Å². The van der Waals surface area contributed by atoms with Gasteiger partial charge in [-0.3, -0.25) is 20.4 Å². The summed E-state index contributed by atoms with van der Waals surface area (Å²) in [6.07, 6.45) is 1.60. The van der Waals surface area contributed by atoms with Crippen LogP contribution in [0.1, 0.15) is 41.6 Å². The Labute approximate surface area is 214 Å². The van der Waals surface area contributed by atoms with Crippen LogP contribution in [0.4, 0.5) is 11.4 Å². The summed E-state index contributed by atoms with van der Waals surface area (Å²) in [7, 11) is 0. The van der Waals surface area contributed by atoms with Crippen LogP contribution in [0.25, 0.3) is 0 Å². The van der Waals surface area contributed by atoms with Crippen LogP contribution in [0, 0.1) is 0 Å². The van der Waals surface area contributed by atoms with Crippen LogP contribution in [0.5, 0.6) is 0 Å². The highest BCUT2D eigenvalue weighted by Gasteiger charge is 2.20. The van der Waals surface area contributed by atoms with Crippen molar-refractivity contribution in [3.8, 4) is 0 Å². The number of hydrazine groups is 1. The lowest BCUT2D eigenvalue weighted by atomic mass is 9.93. The molecule has 1 atom stereocenters. The predicted molar refractivity (Wildman–Crippen MR) is 142 cm³/mol. The highest BCUT2D eigenvalue weighted by Crippen LogP contribution is 2.25. The number of anilines is 2. The van der Waals surface area contributed by atoms with E-state index in [1.807, 2.05) is 37.3 Å². The predicted octanol–water partition coefficient (Wildman–Crippen LogP) is 6.15. The molecule has 0 aliphatic carbocycles. The normalized spacial score (nSPS) is 11.3. The zero-order chi connectivity index (χ0) is 24.5. The summed E-state index contributed by atoms with van der Waals surface area (Å²) in [5.74, 6) is -0.798. The maximum atomic E-state index is 13.0. The van der Waals surface area contributed by atoms with Crippen LogP contribution in [0.3, 0.4) is 0 Å². The van der Waals surface area contributed by atoms with Crippen LogP contribution in [0.2, 0.25) is 10.0 Å². The zero-order valence-electron chi connectivity index (χ0n) is 18.4. The summed E-state index contributed by atoms with van der Waals surface area (Å²) in [5, 5.41) is 6.80. The first kappa shape index (κ1) is 25.5. The lowest BCUT2D eigenvalue weighted by Crippen LogP contribution is -2.43. The van der Waals surface area contributed by atoms with E-state index in [1.54, 1.807) is 42.5 Å². The maximum Gasteiger partial charge on any atom is 0.269 e. The van der Waals surface area contributed by atoms with Crippen LogP contribution in [0.15, 0.2) is 72.8 Å². The lowest BCUT2D eigenvalue weighted by Gasteiger charge is -2.17. The average Bonchev–Trinajstić information content (AvgIpc) is 2.84. The van der Waals surface area contributed by atoms with Gasteiger partial charge in [-0.2, -0.15) is 0 Å². The fourth-order valence-electron chi connectivity index (χ4n) is 3.31. The molecule has 0 heterocycles. The number of hydrogen-bond acceptors (Lipinski definition) is 3. The van der Waals surface area contributed by atoms with Gasteiger partial charge in [-0.15, -0.1) is 0 Å². The first-order chi connectivity index (χ1) is 16.4. The van der Waals surface area contributed by atoms with E-state index < -0.39 is 5.91 Å². The third-order valence-electron chi connectivity index (χ3n) is 4.96. The van der Waals surface area contributed by atoms with Crippen LogP contribution < -0.4 is 21.5 Å². The Morgan fingerprint density at radius 1 is 0.853 bits per heavy atom. The molecule has 0 radical (unpaired) electrons. The number of thiocarbonyl (C=S) groups is 1. The molecular formula is C25H24Cl2N4O2S. The van der Waals surface area contributed by atoms with Crippen LogP contribution in [-0.2, 0) is 4.79 Å². The number of hydrogen-bond donors (Lipinski definition) is 4. The van der Waals surface area contributed by atoms with E-state index in [9.17, 15) is 9.59 Å². The molecule has 0 aliphatic rings. The maximum absolute atomic E-state index is 13.0. The second-order valence-electron chi connectivity index (χ2n) is 7.48. The topological polar surface area (TPSA) is 82.3 Å². The molecule has 0 aromatic heterocycles. The molecule has 2 amide bonds. The van der Waals surface area contributed by atoms with E-state index >= 15 is 0 Å². The van der Waals surface area contributed by atoms with E-state index in [-0.39, 0.29) is 16.9 Å². The zero-order valence-corrected chi connectivity index (χ0v) is 20.7. The minimum atomic E-state index is -0.414. The van der Waals surface area contributed by atoms with Gasteiger partial charge in [0.05, 0.1) is 16.0 Å². The van der Waals surface area contributed by atoms with E-state index in [0.717, 1.165) is 18.4 Å². The van der Waals surface area contributed by atoms with Crippen molar-refractivity contribution >= 4 is 63.7 Å². The number of carbonyl (C=O) groups excluding carboxylic acids is 2. The van der Waals surface area contributed by atoms with Crippen molar-refractivity contribution in [2.75, 3.05) is 10.6 Å². The monoisotopic (exact) mass is 514 g/mol. The van der Waals surface area contributed by atoms with E-state index in [0.29, 0.717) is 27.0 Å². The first-order valence-corrected chi connectivity index (χ1v) is 11.8.